The Morgan fingerprint density at radius 3 is 2.52 bits per heavy atom. The van der Waals surface area contributed by atoms with Crippen LogP contribution in [0.1, 0.15) is 56.5 Å². The molecule has 0 saturated carbocycles. The van der Waals surface area contributed by atoms with Crippen LogP contribution in [0.3, 0.4) is 0 Å². The second kappa shape index (κ2) is 10.3. The van der Waals surface area contributed by atoms with E-state index in [0.717, 1.165) is 29.5 Å². The van der Waals surface area contributed by atoms with Gasteiger partial charge >= 0.3 is 0 Å². The number of halogens is 1. The summed E-state index contributed by atoms with van der Waals surface area (Å²) < 4.78 is 0. The molecule has 0 unspecified atom stereocenters. The third-order valence-electron chi connectivity index (χ3n) is 4.82. The molecular formula is C23H28ClN3. The lowest BCUT2D eigenvalue weighted by molar-refractivity contribution is 0.453. The van der Waals surface area contributed by atoms with E-state index in [1.807, 2.05) is 24.4 Å². The summed E-state index contributed by atoms with van der Waals surface area (Å²) in [5, 5.41) is 4.45. The van der Waals surface area contributed by atoms with Crippen LogP contribution in [0.4, 0.5) is 0 Å². The maximum Gasteiger partial charge on any atom is 0.123 e. The molecule has 3 rings (SSSR count). The monoisotopic (exact) mass is 381 g/mol. The van der Waals surface area contributed by atoms with Crippen LogP contribution in [0.25, 0.3) is 11.3 Å². The van der Waals surface area contributed by atoms with Crippen molar-refractivity contribution in [3.8, 4) is 11.3 Å². The van der Waals surface area contributed by atoms with Crippen LogP contribution in [-0.4, -0.2) is 9.97 Å². The number of nitrogens with zero attached hydrogens (tertiary/aromatic N) is 1. The lowest BCUT2D eigenvalue weighted by atomic mass is 10.1. The summed E-state index contributed by atoms with van der Waals surface area (Å²) in [5.41, 5.74) is 3.46. The quantitative estimate of drug-likeness (QED) is 0.392. The predicted octanol–water partition coefficient (Wildman–Crippen LogP) is 6.53. The van der Waals surface area contributed by atoms with E-state index in [0.29, 0.717) is 0 Å². The molecule has 0 saturated heterocycles. The van der Waals surface area contributed by atoms with Crippen molar-refractivity contribution in [2.75, 3.05) is 0 Å². The Balaban J connectivity index is 1.69. The third-order valence-corrected chi connectivity index (χ3v) is 5.07. The van der Waals surface area contributed by atoms with Gasteiger partial charge in [0, 0.05) is 11.6 Å². The first kappa shape index (κ1) is 19.7. The molecule has 1 atom stereocenters. The van der Waals surface area contributed by atoms with Gasteiger partial charge in [0.25, 0.3) is 0 Å². The van der Waals surface area contributed by atoms with Gasteiger partial charge in [0.15, 0.2) is 0 Å². The van der Waals surface area contributed by atoms with Gasteiger partial charge in [-0.2, -0.15) is 0 Å². The van der Waals surface area contributed by atoms with Crippen LogP contribution >= 0.6 is 11.6 Å². The van der Waals surface area contributed by atoms with Gasteiger partial charge in [0.1, 0.15) is 5.82 Å². The minimum Gasteiger partial charge on any atom is -0.341 e. The second-order valence-corrected chi connectivity index (χ2v) is 7.39. The van der Waals surface area contributed by atoms with Crippen molar-refractivity contribution in [2.24, 2.45) is 0 Å². The van der Waals surface area contributed by atoms with Crippen molar-refractivity contribution in [3.63, 3.8) is 0 Å². The summed E-state index contributed by atoms with van der Waals surface area (Å²) in [7, 11) is 0. The van der Waals surface area contributed by atoms with Crippen molar-refractivity contribution >= 4 is 11.6 Å². The molecule has 0 aliphatic rings. The summed E-state index contributed by atoms with van der Waals surface area (Å²) in [5.74, 6) is 1.01. The number of nitrogens with one attached hydrogen (secondary N) is 2. The second-order valence-electron chi connectivity index (χ2n) is 6.96. The molecule has 2 aromatic carbocycles. The first-order valence-corrected chi connectivity index (χ1v) is 10.2. The van der Waals surface area contributed by atoms with Crippen LogP contribution in [0.2, 0.25) is 5.02 Å². The molecule has 3 aromatic rings. The van der Waals surface area contributed by atoms with E-state index >= 15 is 0 Å². The van der Waals surface area contributed by atoms with Gasteiger partial charge in [-0.1, -0.05) is 86.7 Å². The Kier molecular flexibility index (Phi) is 7.49. The minimum absolute atomic E-state index is 0.218. The molecule has 3 nitrogen and oxygen atoms in total. The highest BCUT2D eigenvalue weighted by atomic mass is 35.5. The first-order valence-electron chi connectivity index (χ1n) is 9.84. The first-order chi connectivity index (χ1) is 13.3. The summed E-state index contributed by atoms with van der Waals surface area (Å²) in [6, 6.07) is 18.6. The molecule has 0 amide bonds. The van der Waals surface area contributed by atoms with E-state index < -0.39 is 0 Å². The largest absolute Gasteiger partial charge is 0.341 e. The van der Waals surface area contributed by atoms with Crippen molar-refractivity contribution in [3.05, 3.63) is 77.2 Å². The Morgan fingerprint density at radius 2 is 1.78 bits per heavy atom. The van der Waals surface area contributed by atoms with E-state index in [-0.39, 0.29) is 6.04 Å². The molecule has 2 N–H and O–H groups in total. The maximum absolute atomic E-state index is 5.99. The van der Waals surface area contributed by atoms with Crippen LogP contribution < -0.4 is 5.32 Å². The van der Waals surface area contributed by atoms with E-state index in [4.69, 9.17) is 11.6 Å². The van der Waals surface area contributed by atoms with E-state index in [9.17, 15) is 0 Å². The molecule has 142 valence electrons. The molecule has 0 radical (unpaired) electrons. The Bertz CT molecular complexity index is 796. The average Bonchev–Trinajstić information content (AvgIpc) is 3.19. The van der Waals surface area contributed by atoms with Gasteiger partial charge in [-0.3, -0.25) is 0 Å². The Hall–Kier alpha value is -2.10. The van der Waals surface area contributed by atoms with Crippen molar-refractivity contribution in [1.82, 2.24) is 15.3 Å². The molecule has 0 aliphatic heterocycles. The SMILES string of the molecule is CCCCCC[C@H](NCc1ccc(Cl)cc1)c1ncc(-c2ccccc2)[nH]1. The number of aromatic amines is 1. The number of H-pyrrole nitrogens is 1. The summed E-state index contributed by atoms with van der Waals surface area (Å²) in [6.45, 7) is 3.05. The number of rotatable bonds is 10. The van der Waals surface area contributed by atoms with E-state index in [1.165, 1.54) is 36.8 Å². The fourth-order valence-corrected chi connectivity index (χ4v) is 3.36. The third kappa shape index (κ3) is 5.95. The average molecular weight is 382 g/mol. The van der Waals surface area contributed by atoms with Crippen molar-refractivity contribution in [1.29, 1.82) is 0 Å². The van der Waals surface area contributed by atoms with Crippen LogP contribution in [-0.2, 0) is 6.54 Å². The number of hydrogen-bond acceptors (Lipinski definition) is 2. The predicted molar refractivity (Wildman–Crippen MR) is 114 cm³/mol. The van der Waals surface area contributed by atoms with Gasteiger partial charge in [0.2, 0.25) is 0 Å². The summed E-state index contributed by atoms with van der Waals surface area (Å²) in [6.07, 6.45) is 8.03. The molecule has 27 heavy (non-hydrogen) atoms. The van der Waals surface area contributed by atoms with Crippen LogP contribution in [0.15, 0.2) is 60.8 Å². The van der Waals surface area contributed by atoms with Crippen LogP contribution in [0, 0.1) is 0 Å². The fourth-order valence-electron chi connectivity index (χ4n) is 3.23. The van der Waals surface area contributed by atoms with E-state index in [1.54, 1.807) is 0 Å². The van der Waals surface area contributed by atoms with Gasteiger partial charge in [-0.25, -0.2) is 4.98 Å². The number of unbranched alkanes of at least 4 members (excludes halogenated alkanes) is 3. The van der Waals surface area contributed by atoms with E-state index in [2.05, 4.69) is 58.6 Å². The van der Waals surface area contributed by atoms with Gasteiger partial charge in [-0.05, 0) is 29.7 Å². The molecule has 0 fully saturated rings. The fraction of sp³-hybridized carbons (Fsp3) is 0.348. The zero-order valence-electron chi connectivity index (χ0n) is 15.9. The topological polar surface area (TPSA) is 40.7 Å². The molecule has 1 aromatic heterocycles. The molecule has 4 heteroatoms. The Labute approximate surface area is 167 Å². The normalized spacial score (nSPS) is 12.2. The van der Waals surface area contributed by atoms with Crippen molar-refractivity contribution in [2.45, 2.75) is 51.6 Å². The lowest BCUT2D eigenvalue weighted by Gasteiger charge is -2.17. The molecule has 0 aliphatic carbocycles. The molecule has 1 heterocycles. The molecule has 0 spiro atoms. The smallest absolute Gasteiger partial charge is 0.123 e. The number of benzene rings is 2. The highest BCUT2D eigenvalue weighted by Gasteiger charge is 2.15. The van der Waals surface area contributed by atoms with Gasteiger partial charge < -0.3 is 10.3 Å². The Morgan fingerprint density at radius 1 is 1.00 bits per heavy atom. The maximum atomic E-state index is 5.99. The van der Waals surface area contributed by atoms with Gasteiger partial charge in [0.05, 0.1) is 17.9 Å². The minimum atomic E-state index is 0.218. The number of aromatic nitrogens is 2. The summed E-state index contributed by atoms with van der Waals surface area (Å²) in [4.78, 5) is 8.20. The molecular weight excluding hydrogens is 354 g/mol. The zero-order valence-corrected chi connectivity index (χ0v) is 16.7. The highest BCUT2D eigenvalue weighted by Crippen LogP contribution is 2.23. The standard InChI is InChI=1S/C23H28ClN3/c1-2-3-4-8-11-21(25-16-18-12-14-20(24)15-13-18)23-26-17-22(27-23)19-9-6-5-7-10-19/h5-7,9-10,12-15,17,21,25H,2-4,8,11,16H2,1H3,(H,26,27)/t21-/m0/s1. The van der Waals surface area contributed by atoms with Gasteiger partial charge in [-0.15, -0.1) is 0 Å². The van der Waals surface area contributed by atoms with Crippen molar-refractivity contribution < 1.29 is 0 Å². The van der Waals surface area contributed by atoms with Crippen LogP contribution in [0.5, 0.6) is 0 Å². The highest BCUT2D eigenvalue weighted by molar-refractivity contribution is 6.30. The molecule has 0 bridgehead atoms. The zero-order chi connectivity index (χ0) is 18.9. The number of imidazole rings is 1. The lowest BCUT2D eigenvalue weighted by Crippen LogP contribution is -2.22. The summed E-state index contributed by atoms with van der Waals surface area (Å²) >= 11 is 5.99. The number of hydrogen-bond donors (Lipinski definition) is 2.